The lowest BCUT2D eigenvalue weighted by Gasteiger charge is -2.18. The van der Waals surface area contributed by atoms with Gasteiger partial charge in [0.05, 0.1) is 20.7 Å². The minimum Gasteiger partial charge on any atom is -0.313 e. The number of nitrogens with one attached hydrogen (secondary N) is 1. The van der Waals surface area contributed by atoms with Crippen molar-refractivity contribution in [3.05, 3.63) is 27.7 Å². The molecule has 1 aromatic rings. The number of rotatable bonds is 1. The maximum atomic E-state index is 12.1. The van der Waals surface area contributed by atoms with Gasteiger partial charge in [-0.05, 0) is 32.0 Å². The zero-order chi connectivity index (χ0) is 11.7. The smallest absolute Gasteiger partial charge is 0.0636 e. The van der Waals surface area contributed by atoms with Gasteiger partial charge in [0.1, 0.15) is 0 Å². The van der Waals surface area contributed by atoms with Crippen LogP contribution >= 0.6 is 23.2 Å². The number of fused-ring (bicyclic) bond motifs is 1. The van der Waals surface area contributed by atoms with E-state index in [1.165, 1.54) is 0 Å². The van der Waals surface area contributed by atoms with E-state index in [9.17, 15) is 4.21 Å². The van der Waals surface area contributed by atoms with Crippen LogP contribution in [0.2, 0.25) is 10.0 Å². The van der Waals surface area contributed by atoms with Crippen LogP contribution in [0.5, 0.6) is 0 Å². The summed E-state index contributed by atoms with van der Waals surface area (Å²) >= 11 is 12.3. The van der Waals surface area contributed by atoms with Crippen molar-refractivity contribution in [1.82, 2.24) is 5.32 Å². The van der Waals surface area contributed by atoms with E-state index in [-0.39, 0.29) is 6.04 Å². The van der Waals surface area contributed by atoms with E-state index in [1.807, 2.05) is 7.05 Å². The minimum absolute atomic E-state index is 0.146. The van der Waals surface area contributed by atoms with Gasteiger partial charge in [-0.2, -0.15) is 0 Å². The number of hydrogen-bond acceptors (Lipinski definition) is 2. The Bertz CT molecular complexity index is 436. The highest BCUT2D eigenvalue weighted by molar-refractivity contribution is 7.85. The lowest BCUT2D eigenvalue weighted by Crippen LogP contribution is -2.17. The fourth-order valence-electron chi connectivity index (χ4n) is 2.06. The molecule has 2 rings (SSSR count). The summed E-state index contributed by atoms with van der Waals surface area (Å²) < 4.78 is 12.1. The first kappa shape index (κ1) is 12.4. The topological polar surface area (TPSA) is 29.1 Å². The van der Waals surface area contributed by atoms with Crippen LogP contribution in [0.15, 0.2) is 17.0 Å². The van der Waals surface area contributed by atoms with Crippen molar-refractivity contribution in [2.24, 2.45) is 0 Å². The van der Waals surface area contributed by atoms with Gasteiger partial charge in [0, 0.05) is 22.4 Å². The molecule has 0 radical (unpaired) electrons. The molecule has 2 atom stereocenters. The maximum absolute atomic E-state index is 12.1. The van der Waals surface area contributed by atoms with Crippen LogP contribution in [0, 0.1) is 0 Å². The van der Waals surface area contributed by atoms with Gasteiger partial charge < -0.3 is 5.32 Å². The molecular weight excluding hydrogens is 265 g/mol. The van der Waals surface area contributed by atoms with Crippen LogP contribution in [0.25, 0.3) is 0 Å². The first-order chi connectivity index (χ1) is 7.65. The van der Waals surface area contributed by atoms with Crippen molar-refractivity contribution in [1.29, 1.82) is 0 Å². The standard InChI is InChI=1S/C11H13Cl2NOS/c1-14-9-3-2-6-16(15)11-8(13)5-4-7(12)10(9)11/h4-5,9,14H,2-3,6H2,1H3. The Kier molecular flexibility index (Phi) is 3.90. The van der Waals surface area contributed by atoms with Crippen molar-refractivity contribution < 1.29 is 4.21 Å². The first-order valence-corrected chi connectivity index (χ1v) is 7.26. The Hall–Kier alpha value is -0.0900. The fraction of sp³-hybridized carbons (Fsp3) is 0.455. The number of benzene rings is 1. The van der Waals surface area contributed by atoms with Gasteiger partial charge >= 0.3 is 0 Å². The Morgan fingerprint density at radius 2 is 2.06 bits per heavy atom. The Balaban J connectivity index is 2.65. The molecule has 0 saturated carbocycles. The lowest BCUT2D eigenvalue weighted by molar-refractivity contribution is 0.541. The molecule has 0 aromatic heterocycles. The van der Waals surface area contributed by atoms with Crippen molar-refractivity contribution in [3.63, 3.8) is 0 Å². The second-order valence-corrected chi connectivity index (χ2v) is 6.13. The summed E-state index contributed by atoms with van der Waals surface area (Å²) in [5.41, 5.74) is 0.910. The first-order valence-electron chi connectivity index (χ1n) is 5.18. The van der Waals surface area contributed by atoms with Gasteiger partial charge in [0.2, 0.25) is 0 Å². The molecule has 2 unspecified atom stereocenters. The highest BCUT2D eigenvalue weighted by Gasteiger charge is 2.26. The number of halogens is 2. The molecule has 5 heteroatoms. The average Bonchev–Trinajstić information content (AvgIpc) is 2.43. The van der Waals surface area contributed by atoms with E-state index in [0.29, 0.717) is 20.7 Å². The Labute approximate surface area is 108 Å². The molecule has 0 fully saturated rings. The second-order valence-electron chi connectivity index (χ2n) is 3.81. The van der Waals surface area contributed by atoms with E-state index in [1.54, 1.807) is 12.1 Å². The zero-order valence-corrected chi connectivity index (χ0v) is 11.3. The quantitative estimate of drug-likeness (QED) is 0.855. The van der Waals surface area contributed by atoms with Crippen molar-refractivity contribution in [2.75, 3.05) is 12.8 Å². The number of hydrogen-bond donors (Lipinski definition) is 1. The molecule has 0 aliphatic carbocycles. The summed E-state index contributed by atoms with van der Waals surface area (Å²) in [5, 5.41) is 4.41. The lowest BCUT2D eigenvalue weighted by atomic mass is 10.0. The van der Waals surface area contributed by atoms with Gasteiger partial charge in [-0.25, -0.2) is 0 Å². The van der Waals surface area contributed by atoms with Crippen LogP contribution in [0.3, 0.4) is 0 Å². The molecular formula is C11H13Cl2NOS. The van der Waals surface area contributed by atoms with Crippen molar-refractivity contribution in [3.8, 4) is 0 Å². The summed E-state index contributed by atoms with van der Waals surface area (Å²) in [6.45, 7) is 0. The van der Waals surface area contributed by atoms with Crippen molar-refractivity contribution >= 4 is 34.0 Å². The molecule has 0 bridgehead atoms. The largest absolute Gasteiger partial charge is 0.313 e. The van der Waals surface area contributed by atoms with Crippen LogP contribution in [-0.2, 0) is 10.8 Å². The molecule has 88 valence electrons. The summed E-state index contributed by atoms with van der Waals surface area (Å²) in [5.74, 6) is 0.658. The summed E-state index contributed by atoms with van der Waals surface area (Å²) in [6, 6.07) is 3.64. The zero-order valence-electron chi connectivity index (χ0n) is 8.93. The van der Waals surface area contributed by atoms with Gasteiger partial charge in [0.25, 0.3) is 0 Å². The van der Waals surface area contributed by atoms with Gasteiger partial charge in [0.15, 0.2) is 0 Å². The summed E-state index contributed by atoms with van der Waals surface area (Å²) in [7, 11) is 0.856. The second kappa shape index (κ2) is 5.05. The van der Waals surface area contributed by atoms with Gasteiger partial charge in [-0.3, -0.25) is 4.21 Å². The fourth-order valence-corrected chi connectivity index (χ4v) is 4.24. The highest BCUT2D eigenvalue weighted by Crippen LogP contribution is 2.38. The molecule has 1 aliphatic rings. The van der Waals surface area contributed by atoms with Crippen molar-refractivity contribution in [2.45, 2.75) is 23.8 Å². The summed E-state index contributed by atoms with van der Waals surface area (Å²) in [6.07, 6.45) is 1.86. The monoisotopic (exact) mass is 277 g/mol. The maximum Gasteiger partial charge on any atom is 0.0636 e. The third-order valence-electron chi connectivity index (χ3n) is 2.84. The van der Waals surface area contributed by atoms with E-state index >= 15 is 0 Å². The third-order valence-corrected chi connectivity index (χ3v) is 5.15. The predicted octanol–water partition coefficient (Wildman–Crippen LogP) is 3.16. The SMILES string of the molecule is CNC1CCCS(=O)c2c(Cl)ccc(Cl)c21. The van der Waals surface area contributed by atoms with Gasteiger partial charge in [-0.1, -0.05) is 23.2 Å². The molecule has 1 aliphatic heterocycles. The molecule has 2 nitrogen and oxygen atoms in total. The van der Waals surface area contributed by atoms with Gasteiger partial charge in [-0.15, -0.1) is 0 Å². The third kappa shape index (κ3) is 2.14. The van der Waals surface area contributed by atoms with Crippen LogP contribution < -0.4 is 5.32 Å². The minimum atomic E-state index is -1.03. The Morgan fingerprint density at radius 1 is 1.38 bits per heavy atom. The molecule has 1 aromatic carbocycles. The molecule has 0 spiro atoms. The molecule has 0 saturated heterocycles. The van der Waals surface area contributed by atoms with E-state index < -0.39 is 10.8 Å². The molecule has 1 N–H and O–H groups in total. The van der Waals surface area contributed by atoms with Crippen LogP contribution in [0.4, 0.5) is 0 Å². The average molecular weight is 278 g/mol. The normalized spacial score (nSPS) is 24.9. The Morgan fingerprint density at radius 3 is 2.75 bits per heavy atom. The van der Waals surface area contributed by atoms with E-state index in [2.05, 4.69) is 5.32 Å². The van der Waals surface area contributed by atoms with E-state index in [0.717, 1.165) is 18.4 Å². The predicted molar refractivity (Wildman–Crippen MR) is 68.8 cm³/mol. The van der Waals surface area contributed by atoms with E-state index in [4.69, 9.17) is 23.2 Å². The highest BCUT2D eigenvalue weighted by atomic mass is 35.5. The van der Waals surface area contributed by atoms with Crippen LogP contribution in [0.1, 0.15) is 24.4 Å². The molecule has 0 amide bonds. The molecule has 1 heterocycles. The molecule has 16 heavy (non-hydrogen) atoms. The summed E-state index contributed by atoms with van der Waals surface area (Å²) in [4.78, 5) is 0.714. The van der Waals surface area contributed by atoms with Crippen LogP contribution in [-0.4, -0.2) is 17.0 Å².